The van der Waals surface area contributed by atoms with E-state index in [1.54, 1.807) is 17.8 Å². The van der Waals surface area contributed by atoms with E-state index in [-0.39, 0.29) is 11.4 Å². The monoisotopic (exact) mass is 306 g/mol. The van der Waals surface area contributed by atoms with Crippen LogP contribution in [0.5, 0.6) is 0 Å². The van der Waals surface area contributed by atoms with Crippen molar-refractivity contribution in [1.82, 2.24) is 4.98 Å². The zero-order chi connectivity index (χ0) is 14.9. The SMILES string of the molecule is COC(=O)CC1(CSCc2nc3cc(N)ccc3o2)CC1. The molecule has 21 heavy (non-hydrogen) atoms. The number of nitrogen functional groups attached to an aromatic ring is 1. The number of thioether (sulfide) groups is 1. The average molecular weight is 306 g/mol. The van der Waals surface area contributed by atoms with Crippen LogP contribution in [0.4, 0.5) is 5.69 Å². The highest BCUT2D eigenvalue weighted by atomic mass is 32.2. The summed E-state index contributed by atoms with van der Waals surface area (Å²) in [6, 6.07) is 5.46. The Hall–Kier alpha value is -1.69. The number of fused-ring (bicyclic) bond motifs is 1. The Morgan fingerprint density at radius 3 is 3.05 bits per heavy atom. The van der Waals surface area contributed by atoms with E-state index in [1.165, 1.54) is 7.11 Å². The summed E-state index contributed by atoms with van der Waals surface area (Å²) in [4.78, 5) is 15.8. The fraction of sp³-hybridized carbons (Fsp3) is 0.467. The zero-order valence-corrected chi connectivity index (χ0v) is 12.7. The summed E-state index contributed by atoms with van der Waals surface area (Å²) in [5.41, 5.74) is 8.10. The van der Waals surface area contributed by atoms with Gasteiger partial charge in [-0.05, 0) is 42.2 Å². The number of hydrogen-bond acceptors (Lipinski definition) is 6. The molecular formula is C15H18N2O3S. The number of rotatable bonds is 6. The van der Waals surface area contributed by atoms with Gasteiger partial charge in [0.2, 0.25) is 5.89 Å². The van der Waals surface area contributed by atoms with Crippen LogP contribution in [0, 0.1) is 5.41 Å². The summed E-state index contributed by atoms with van der Waals surface area (Å²) in [5, 5.41) is 0. The number of nitrogens with zero attached hydrogens (tertiary/aromatic N) is 1. The van der Waals surface area contributed by atoms with Crippen LogP contribution in [0.3, 0.4) is 0 Å². The predicted octanol–water partition coefficient (Wildman–Crippen LogP) is 2.99. The summed E-state index contributed by atoms with van der Waals surface area (Å²) < 4.78 is 10.4. The number of methoxy groups -OCH3 is 1. The van der Waals surface area contributed by atoms with Gasteiger partial charge in [-0.1, -0.05) is 0 Å². The van der Waals surface area contributed by atoms with Crippen LogP contribution >= 0.6 is 11.8 Å². The van der Waals surface area contributed by atoms with E-state index >= 15 is 0 Å². The maximum absolute atomic E-state index is 11.4. The lowest BCUT2D eigenvalue weighted by atomic mass is 10.1. The smallest absolute Gasteiger partial charge is 0.306 e. The quantitative estimate of drug-likeness (QED) is 0.653. The Balaban J connectivity index is 1.56. The second kappa shape index (κ2) is 5.60. The molecule has 1 fully saturated rings. The Bertz CT molecular complexity index is 664. The van der Waals surface area contributed by atoms with Crippen molar-refractivity contribution < 1.29 is 13.9 Å². The van der Waals surface area contributed by atoms with Crippen LogP contribution in [0.25, 0.3) is 11.1 Å². The lowest BCUT2D eigenvalue weighted by Crippen LogP contribution is -2.13. The summed E-state index contributed by atoms with van der Waals surface area (Å²) in [6.07, 6.45) is 2.71. The highest BCUT2D eigenvalue weighted by Gasteiger charge is 2.44. The molecular weight excluding hydrogens is 288 g/mol. The van der Waals surface area contributed by atoms with E-state index in [2.05, 4.69) is 4.98 Å². The van der Waals surface area contributed by atoms with Crippen molar-refractivity contribution in [1.29, 1.82) is 0 Å². The van der Waals surface area contributed by atoms with Crippen molar-refractivity contribution in [2.45, 2.75) is 25.0 Å². The van der Waals surface area contributed by atoms with E-state index in [4.69, 9.17) is 14.9 Å². The standard InChI is InChI=1S/C15H18N2O3S/c1-19-14(18)7-15(4-5-15)9-21-8-13-17-11-6-10(16)2-3-12(11)20-13/h2-3,6H,4-5,7-9,16H2,1H3. The summed E-state index contributed by atoms with van der Waals surface area (Å²) >= 11 is 1.75. The molecule has 5 nitrogen and oxygen atoms in total. The molecule has 0 atom stereocenters. The molecule has 0 unspecified atom stereocenters. The van der Waals surface area contributed by atoms with Crippen LogP contribution in [0.15, 0.2) is 22.6 Å². The van der Waals surface area contributed by atoms with Crippen molar-refractivity contribution in [3.05, 3.63) is 24.1 Å². The van der Waals surface area contributed by atoms with Gasteiger partial charge in [0.1, 0.15) is 5.52 Å². The molecule has 0 radical (unpaired) electrons. The Kier molecular flexibility index (Phi) is 3.80. The highest BCUT2D eigenvalue weighted by molar-refractivity contribution is 7.98. The number of carbonyl (C=O) groups excluding carboxylic acids is 1. The number of aromatic nitrogens is 1. The normalized spacial score (nSPS) is 16.0. The first kappa shape index (κ1) is 14.3. The second-order valence-electron chi connectivity index (χ2n) is 5.58. The zero-order valence-electron chi connectivity index (χ0n) is 11.9. The summed E-state index contributed by atoms with van der Waals surface area (Å²) in [7, 11) is 1.44. The number of ether oxygens (including phenoxy) is 1. The van der Waals surface area contributed by atoms with Gasteiger partial charge in [-0.3, -0.25) is 4.79 Å². The molecule has 0 saturated heterocycles. The van der Waals surface area contributed by atoms with Crippen molar-refractivity contribution in [2.24, 2.45) is 5.41 Å². The van der Waals surface area contributed by atoms with E-state index in [0.29, 0.717) is 23.8 Å². The highest BCUT2D eigenvalue weighted by Crippen LogP contribution is 2.51. The molecule has 112 valence electrons. The molecule has 0 amide bonds. The van der Waals surface area contributed by atoms with E-state index < -0.39 is 0 Å². The minimum absolute atomic E-state index is 0.120. The van der Waals surface area contributed by atoms with Crippen molar-refractivity contribution in [3.8, 4) is 0 Å². The van der Waals surface area contributed by atoms with Crippen molar-refractivity contribution in [2.75, 3.05) is 18.6 Å². The minimum atomic E-state index is -0.120. The number of carbonyl (C=O) groups is 1. The Labute approximate surface area is 127 Å². The van der Waals surface area contributed by atoms with Gasteiger partial charge < -0.3 is 14.9 Å². The number of esters is 1. The summed E-state index contributed by atoms with van der Waals surface area (Å²) in [6.45, 7) is 0. The van der Waals surface area contributed by atoms with Crippen LogP contribution < -0.4 is 5.73 Å². The molecule has 6 heteroatoms. The van der Waals surface area contributed by atoms with Gasteiger partial charge in [0.15, 0.2) is 5.58 Å². The van der Waals surface area contributed by atoms with E-state index in [9.17, 15) is 4.79 Å². The van der Waals surface area contributed by atoms with E-state index in [0.717, 1.165) is 29.7 Å². The third-order valence-corrected chi connectivity index (χ3v) is 5.06. The molecule has 0 aliphatic heterocycles. The van der Waals surface area contributed by atoms with Crippen LogP contribution in [-0.2, 0) is 15.3 Å². The Morgan fingerprint density at radius 2 is 2.33 bits per heavy atom. The first-order valence-electron chi connectivity index (χ1n) is 6.90. The van der Waals surface area contributed by atoms with E-state index in [1.807, 2.05) is 12.1 Å². The van der Waals surface area contributed by atoms with Crippen LogP contribution in [-0.4, -0.2) is 23.8 Å². The molecule has 1 heterocycles. The second-order valence-corrected chi connectivity index (χ2v) is 6.57. The molecule has 3 rings (SSSR count). The molecule has 1 saturated carbocycles. The fourth-order valence-corrected chi connectivity index (χ4v) is 3.56. The molecule has 0 spiro atoms. The largest absolute Gasteiger partial charge is 0.469 e. The van der Waals surface area contributed by atoms with Gasteiger partial charge in [-0.2, -0.15) is 11.8 Å². The van der Waals surface area contributed by atoms with Gasteiger partial charge in [0.25, 0.3) is 0 Å². The lowest BCUT2D eigenvalue weighted by Gasteiger charge is -2.11. The predicted molar refractivity (Wildman–Crippen MR) is 82.9 cm³/mol. The van der Waals surface area contributed by atoms with Crippen LogP contribution in [0.2, 0.25) is 0 Å². The maximum Gasteiger partial charge on any atom is 0.306 e. The molecule has 2 aromatic rings. The topological polar surface area (TPSA) is 78.3 Å². The molecule has 1 aliphatic carbocycles. The number of oxazole rings is 1. The van der Waals surface area contributed by atoms with Crippen molar-refractivity contribution >= 4 is 34.5 Å². The average Bonchev–Trinajstić information content (AvgIpc) is 3.09. The Morgan fingerprint density at radius 1 is 1.52 bits per heavy atom. The molecule has 2 N–H and O–H groups in total. The lowest BCUT2D eigenvalue weighted by molar-refractivity contribution is -0.141. The molecule has 1 aliphatic rings. The van der Waals surface area contributed by atoms with Gasteiger partial charge >= 0.3 is 5.97 Å². The van der Waals surface area contributed by atoms with Crippen molar-refractivity contribution in [3.63, 3.8) is 0 Å². The number of anilines is 1. The minimum Gasteiger partial charge on any atom is -0.469 e. The third-order valence-electron chi connectivity index (χ3n) is 3.79. The van der Waals surface area contributed by atoms with Gasteiger partial charge in [0.05, 0.1) is 19.3 Å². The first-order valence-corrected chi connectivity index (χ1v) is 8.05. The number of hydrogen-bond donors (Lipinski definition) is 1. The number of benzene rings is 1. The molecule has 1 aromatic heterocycles. The van der Waals surface area contributed by atoms with Gasteiger partial charge in [-0.25, -0.2) is 4.98 Å². The third kappa shape index (κ3) is 3.32. The fourth-order valence-electron chi connectivity index (χ4n) is 2.34. The van der Waals surface area contributed by atoms with Gasteiger partial charge in [0, 0.05) is 5.69 Å². The first-order chi connectivity index (χ1) is 10.1. The molecule has 1 aromatic carbocycles. The number of nitrogens with two attached hydrogens (primary N) is 1. The van der Waals surface area contributed by atoms with Gasteiger partial charge in [-0.15, -0.1) is 0 Å². The summed E-state index contributed by atoms with van der Waals surface area (Å²) in [5.74, 6) is 2.22. The molecule has 0 bridgehead atoms. The van der Waals surface area contributed by atoms with Crippen LogP contribution in [0.1, 0.15) is 25.2 Å². The maximum atomic E-state index is 11.4.